The molecule has 1 aromatic carbocycles. The van der Waals surface area contributed by atoms with Crippen LogP contribution in [0.15, 0.2) is 23.1 Å². The van der Waals surface area contributed by atoms with E-state index in [0.717, 1.165) is 43.4 Å². The molecule has 1 aromatic rings. The molecule has 0 unspecified atom stereocenters. The van der Waals surface area contributed by atoms with Gasteiger partial charge in [0.15, 0.2) is 0 Å². The molecule has 1 saturated heterocycles. The molecule has 23 heavy (non-hydrogen) atoms. The number of carbonyl (C=O) groups excluding carboxylic acids is 1. The second-order valence-corrected chi connectivity index (χ2v) is 8.29. The molecule has 126 valence electrons. The summed E-state index contributed by atoms with van der Waals surface area (Å²) in [4.78, 5) is 14.3. The van der Waals surface area contributed by atoms with Crippen molar-refractivity contribution in [1.29, 1.82) is 0 Å². The first-order valence-corrected chi connectivity index (χ1v) is 9.86. The SMILES string of the molecule is CCCC(=O)N1CCc2ccc(S(=O)(=O)N3CCCC3)cc2C1. The highest BCUT2D eigenvalue weighted by molar-refractivity contribution is 7.89. The van der Waals surface area contributed by atoms with Gasteiger partial charge in [-0.3, -0.25) is 4.79 Å². The third kappa shape index (κ3) is 3.28. The normalized spacial score (nSPS) is 18.9. The molecule has 0 N–H and O–H groups in total. The standard InChI is InChI=1S/C17H24N2O3S/c1-2-5-17(20)18-11-8-14-6-7-16(12-15(14)13-18)23(21,22)19-9-3-4-10-19/h6-7,12H,2-5,8-11,13H2,1H3. The van der Waals surface area contributed by atoms with Crippen LogP contribution in [0.2, 0.25) is 0 Å². The zero-order valence-electron chi connectivity index (χ0n) is 13.6. The minimum absolute atomic E-state index is 0.158. The fourth-order valence-electron chi connectivity index (χ4n) is 3.36. The van der Waals surface area contributed by atoms with Crippen LogP contribution in [0.5, 0.6) is 0 Å². The second-order valence-electron chi connectivity index (χ2n) is 6.36. The van der Waals surface area contributed by atoms with E-state index in [1.54, 1.807) is 16.4 Å². The molecule has 1 fully saturated rings. The third-order valence-corrected chi connectivity index (χ3v) is 6.60. The Kier molecular flexibility index (Phi) is 4.73. The van der Waals surface area contributed by atoms with Gasteiger partial charge in [-0.25, -0.2) is 8.42 Å². The first-order valence-electron chi connectivity index (χ1n) is 8.42. The number of hydrogen-bond donors (Lipinski definition) is 0. The molecule has 1 amide bonds. The summed E-state index contributed by atoms with van der Waals surface area (Å²) in [5.41, 5.74) is 2.13. The number of rotatable bonds is 4. The molecule has 5 nitrogen and oxygen atoms in total. The highest BCUT2D eigenvalue weighted by Gasteiger charge is 2.28. The van der Waals surface area contributed by atoms with E-state index >= 15 is 0 Å². The molecule has 0 bridgehead atoms. The summed E-state index contributed by atoms with van der Waals surface area (Å²) >= 11 is 0. The zero-order valence-corrected chi connectivity index (χ0v) is 14.4. The fraction of sp³-hybridized carbons (Fsp3) is 0.588. The Morgan fingerprint density at radius 3 is 2.57 bits per heavy atom. The Balaban J connectivity index is 1.84. The molecule has 2 aliphatic rings. The van der Waals surface area contributed by atoms with Crippen LogP contribution in [-0.4, -0.2) is 43.2 Å². The summed E-state index contributed by atoms with van der Waals surface area (Å²) in [6.45, 7) is 4.47. The number of fused-ring (bicyclic) bond motifs is 1. The Morgan fingerprint density at radius 1 is 1.13 bits per heavy atom. The van der Waals surface area contributed by atoms with Gasteiger partial charge in [-0.1, -0.05) is 13.0 Å². The minimum atomic E-state index is -3.39. The smallest absolute Gasteiger partial charge is 0.243 e. The summed E-state index contributed by atoms with van der Waals surface area (Å²) in [5, 5.41) is 0. The van der Waals surface area contributed by atoms with Crippen LogP contribution in [-0.2, 0) is 27.8 Å². The Hall–Kier alpha value is -1.40. The van der Waals surface area contributed by atoms with Crippen LogP contribution in [0, 0.1) is 0 Å². The van der Waals surface area contributed by atoms with Crippen molar-refractivity contribution in [2.75, 3.05) is 19.6 Å². The molecule has 2 heterocycles. The first-order chi connectivity index (χ1) is 11.0. The van der Waals surface area contributed by atoms with Gasteiger partial charge in [0.1, 0.15) is 0 Å². The maximum atomic E-state index is 12.7. The second kappa shape index (κ2) is 6.61. The van der Waals surface area contributed by atoms with E-state index in [9.17, 15) is 13.2 Å². The predicted molar refractivity (Wildman–Crippen MR) is 88.5 cm³/mol. The van der Waals surface area contributed by atoms with Crippen molar-refractivity contribution >= 4 is 15.9 Å². The zero-order chi connectivity index (χ0) is 16.4. The number of nitrogens with zero attached hydrogens (tertiary/aromatic N) is 2. The van der Waals surface area contributed by atoms with Crippen LogP contribution >= 0.6 is 0 Å². The van der Waals surface area contributed by atoms with E-state index in [1.807, 2.05) is 17.9 Å². The molecule has 6 heteroatoms. The van der Waals surface area contributed by atoms with Crippen molar-refractivity contribution in [3.05, 3.63) is 29.3 Å². The van der Waals surface area contributed by atoms with Gasteiger partial charge in [-0.2, -0.15) is 4.31 Å². The number of hydrogen-bond acceptors (Lipinski definition) is 3. The quantitative estimate of drug-likeness (QED) is 0.846. The maximum absolute atomic E-state index is 12.7. The lowest BCUT2D eigenvalue weighted by Gasteiger charge is -2.29. The summed E-state index contributed by atoms with van der Waals surface area (Å²) in [6.07, 6.45) is 4.06. The van der Waals surface area contributed by atoms with Crippen LogP contribution in [0.4, 0.5) is 0 Å². The van der Waals surface area contributed by atoms with Crippen molar-refractivity contribution in [1.82, 2.24) is 9.21 Å². The average molecular weight is 336 g/mol. The van der Waals surface area contributed by atoms with Crippen molar-refractivity contribution in [2.24, 2.45) is 0 Å². The van der Waals surface area contributed by atoms with Crippen molar-refractivity contribution in [2.45, 2.75) is 50.5 Å². The van der Waals surface area contributed by atoms with E-state index in [4.69, 9.17) is 0 Å². The number of sulfonamides is 1. The van der Waals surface area contributed by atoms with Gasteiger partial charge in [0.05, 0.1) is 4.90 Å². The van der Waals surface area contributed by atoms with Gasteiger partial charge >= 0.3 is 0 Å². The molecule has 0 saturated carbocycles. The van der Waals surface area contributed by atoms with Gasteiger partial charge in [0.25, 0.3) is 0 Å². The Labute approximate surface area is 138 Å². The first kappa shape index (κ1) is 16.5. The molecule has 0 atom stereocenters. The molecule has 0 aliphatic carbocycles. The molecular weight excluding hydrogens is 312 g/mol. The van der Waals surface area contributed by atoms with E-state index in [0.29, 0.717) is 31.0 Å². The van der Waals surface area contributed by atoms with E-state index in [2.05, 4.69) is 0 Å². The topological polar surface area (TPSA) is 57.7 Å². The lowest BCUT2D eigenvalue weighted by molar-refractivity contribution is -0.132. The van der Waals surface area contributed by atoms with Crippen molar-refractivity contribution in [3.8, 4) is 0 Å². The third-order valence-electron chi connectivity index (χ3n) is 4.71. The summed E-state index contributed by atoms with van der Waals surface area (Å²) in [5.74, 6) is 0.158. The predicted octanol–water partition coefficient (Wildman–Crippen LogP) is 2.16. The number of benzene rings is 1. The summed E-state index contributed by atoms with van der Waals surface area (Å²) < 4.78 is 26.9. The van der Waals surface area contributed by atoms with Crippen LogP contribution < -0.4 is 0 Å². The van der Waals surface area contributed by atoms with Crippen LogP contribution in [0.1, 0.15) is 43.7 Å². The van der Waals surface area contributed by atoms with Crippen LogP contribution in [0.25, 0.3) is 0 Å². The van der Waals surface area contributed by atoms with E-state index in [1.165, 1.54) is 0 Å². The fourth-order valence-corrected chi connectivity index (χ4v) is 4.92. The molecule has 3 rings (SSSR count). The average Bonchev–Trinajstić information content (AvgIpc) is 3.09. The van der Waals surface area contributed by atoms with Crippen LogP contribution in [0.3, 0.4) is 0 Å². The largest absolute Gasteiger partial charge is 0.338 e. The van der Waals surface area contributed by atoms with E-state index in [-0.39, 0.29) is 5.91 Å². The minimum Gasteiger partial charge on any atom is -0.338 e. The Morgan fingerprint density at radius 2 is 1.87 bits per heavy atom. The molecule has 0 radical (unpaired) electrons. The highest BCUT2D eigenvalue weighted by Crippen LogP contribution is 2.26. The van der Waals surface area contributed by atoms with Gasteiger partial charge in [-0.15, -0.1) is 0 Å². The lowest BCUT2D eigenvalue weighted by Crippen LogP contribution is -2.36. The summed E-state index contributed by atoms with van der Waals surface area (Å²) in [7, 11) is -3.39. The lowest BCUT2D eigenvalue weighted by atomic mass is 9.99. The molecule has 0 aromatic heterocycles. The van der Waals surface area contributed by atoms with Crippen molar-refractivity contribution < 1.29 is 13.2 Å². The van der Waals surface area contributed by atoms with Gasteiger partial charge in [0.2, 0.25) is 15.9 Å². The van der Waals surface area contributed by atoms with Gasteiger partial charge in [-0.05, 0) is 48.9 Å². The van der Waals surface area contributed by atoms with Crippen molar-refractivity contribution in [3.63, 3.8) is 0 Å². The number of carbonyl (C=O) groups is 1. The van der Waals surface area contributed by atoms with Gasteiger partial charge < -0.3 is 4.90 Å². The highest BCUT2D eigenvalue weighted by atomic mass is 32.2. The molecule has 0 spiro atoms. The monoisotopic (exact) mass is 336 g/mol. The molecular formula is C17H24N2O3S. The summed E-state index contributed by atoms with van der Waals surface area (Å²) in [6, 6.07) is 5.41. The Bertz CT molecular complexity index is 694. The van der Waals surface area contributed by atoms with Gasteiger partial charge in [0, 0.05) is 32.6 Å². The maximum Gasteiger partial charge on any atom is 0.243 e. The molecule has 2 aliphatic heterocycles. The number of amides is 1. The van der Waals surface area contributed by atoms with E-state index < -0.39 is 10.0 Å².